The lowest BCUT2D eigenvalue weighted by atomic mass is 10.2. The van der Waals surface area contributed by atoms with Gasteiger partial charge in [-0.25, -0.2) is 4.39 Å². The van der Waals surface area contributed by atoms with Crippen LogP contribution in [0.1, 0.15) is 19.8 Å². The molecule has 0 aromatic heterocycles. The molecule has 0 aliphatic carbocycles. The van der Waals surface area contributed by atoms with E-state index in [1.54, 1.807) is 11.0 Å². The van der Waals surface area contributed by atoms with Gasteiger partial charge in [-0.3, -0.25) is 0 Å². The van der Waals surface area contributed by atoms with Crippen molar-refractivity contribution in [3.63, 3.8) is 0 Å². The first-order valence-corrected chi connectivity index (χ1v) is 6.12. The highest BCUT2D eigenvalue weighted by molar-refractivity contribution is 5.63. The van der Waals surface area contributed by atoms with Crippen LogP contribution in [0.4, 0.5) is 15.8 Å². The van der Waals surface area contributed by atoms with Crippen molar-refractivity contribution in [3.05, 3.63) is 17.9 Å². The maximum absolute atomic E-state index is 13.9. The van der Waals surface area contributed by atoms with E-state index in [9.17, 15) is 4.39 Å². The minimum atomic E-state index is -0.391. The summed E-state index contributed by atoms with van der Waals surface area (Å²) in [6.07, 6.45) is 1.95. The van der Waals surface area contributed by atoms with E-state index in [1.807, 2.05) is 0 Å². The van der Waals surface area contributed by atoms with Crippen molar-refractivity contribution < 1.29 is 14.2 Å². The van der Waals surface area contributed by atoms with Crippen LogP contribution in [0, 0.1) is 5.82 Å². The molecule has 1 aromatic carbocycles. The molecule has 4 nitrogen and oxygen atoms in total. The lowest BCUT2D eigenvalue weighted by Gasteiger charge is -2.25. The maximum Gasteiger partial charge on any atom is 0.148 e. The van der Waals surface area contributed by atoms with Crippen LogP contribution in [-0.2, 0) is 0 Å². The molecule has 0 amide bonds. The van der Waals surface area contributed by atoms with E-state index in [0.717, 1.165) is 12.8 Å². The molecular weight excluding hydrogens is 235 g/mol. The molecule has 0 atom stereocenters. The van der Waals surface area contributed by atoms with Gasteiger partial charge < -0.3 is 20.5 Å². The number of anilines is 2. The summed E-state index contributed by atoms with van der Waals surface area (Å²) >= 11 is 0. The summed E-state index contributed by atoms with van der Waals surface area (Å²) in [6.45, 7) is 3.14. The van der Waals surface area contributed by atoms with Crippen LogP contribution in [0.15, 0.2) is 12.1 Å². The van der Waals surface area contributed by atoms with Crippen molar-refractivity contribution in [1.29, 1.82) is 0 Å². The average Bonchev–Trinajstić information content (AvgIpc) is 2.35. The van der Waals surface area contributed by atoms with E-state index in [0.29, 0.717) is 24.5 Å². The number of halogens is 1. The van der Waals surface area contributed by atoms with Crippen molar-refractivity contribution in [3.8, 4) is 5.75 Å². The Hall–Kier alpha value is -1.49. The van der Waals surface area contributed by atoms with Gasteiger partial charge in [0.2, 0.25) is 0 Å². The second-order valence-electron chi connectivity index (χ2n) is 4.11. The molecule has 0 spiro atoms. The number of ether oxygens (including phenoxy) is 1. The monoisotopic (exact) mass is 256 g/mol. The Bertz CT molecular complexity index is 385. The third-order valence-electron chi connectivity index (χ3n) is 2.79. The van der Waals surface area contributed by atoms with Crippen LogP contribution in [0.2, 0.25) is 0 Å². The third kappa shape index (κ3) is 3.50. The van der Waals surface area contributed by atoms with Crippen LogP contribution < -0.4 is 15.4 Å². The highest BCUT2D eigenvalue weighted by Crippen LogP contribution is 2.30. The number of rotatable bonds is 7. The Labute approximate surface area is 107 Å². The van der Waals surface area contributed by atoms with Gasteiger partial charge in [-0.1, -0.05) is 13.3 Å². The molecule has 0 fully saturated rings. The minimum absolute atomic E-state index is 0.0180. The molecular formula is C13H21FN2O2. The fraction of sp³-hybridized carbons (Fsp3) is 0.538. The average molecular weight is 256 g/mol. The first-order chi connectivity index (χ1) is 8.63. The van der Waals surface area contributed by atoms with Gasteiger partial charge in [0.05, 0.1) is 25.1 Å². The topological polar surface area (TPSA) is 58.7 Å². The standard InChI is InChI=1S/C13H21FN2O2/c1-3-4-5-16(6-7-17)12-9-13(18-2)11(15)8-10(12)14/h8-9,17H,3-7,15H2,1-2H3. The quantitative estimate of drug-likeness (QED) is 0.733. The largest absolute Gasteiger partial charge is 0.495 e. The molecule has 0 aliphatic heterocycles. The Kier molecular flexibility index (Phi) is 5.71. The molecule has 0 heterocycles. The van der Waals surface area contributed by atoms with Crippen LogP contribution >= 0.6 is 0 Å². The fourth-order valence-electron chi connectivity index (χ4n) is 1.80. The number of nitrogens with two attached hydrogens (primary N) is 1. The molecule has 0 aliphatic rings. The van der Waals surface area contributed by atoms with Crippen LogP contribution in [0.25, 0.3) is 0 Å². The van der Waals surface area contributed by atoms with Gasteiger partial charge in [0.15, 0.2) is 0 Å². The SMILES string of the molecule is CCCCN(CCO)c1cc(OC)c(N)cc1F. The molecule has 0 saturated carbocycles. The minimum Gasteiger partial charge on any atom is -0.495 e. The van der Waals surface area contributed by atoms with Crippen molar-refractivity contribution in [2.75, 3.05) is 37.4 Å². The number of aliphatic hydroxyl groups excluding tert-OH is 1. The predicted octanol–water partition coefficient (Wildman–Crippen LogP) is 2.02. The fourth-order valence-corrected chi connectivity index (χ4v) is 1.80. The predicted molar refractivity (Wildman–Crippen MR) is 71.6 cm³/mol. The molecule has 0 bridgehead atoms. The molecule has 1 rings (SSSR count). The number of hydrogen-bond donors (Lipinski definition) is 2. The van der Waals surface area contributed by atoms with E-state index in [1.165, 1.54) is 13.2 Å². The van der Waals surface area contributed by atoms with E-state index in [-0.39, 0.29) is 12.3 Å². The normalized spacial score (nSPS) is 10.4. The molecule has 5 heteroatoms. The van der Waals surface area contributed by atoms with Gasteiger partial charge in [-0.2, -0.15) is 0 Å². The summed E-state index contributed by atoms with van der Waals surface area (Å²) in [7, 11) is 1.50. The maximum atomic E-state index is 13.9. The summed E-state index contributed by atoms with van der Waals surface area (Å²) in [5, 5.41) is 9.05. The zero-order chi connectivity index (χ0) is 13.5. The van der Waals surface area contributed by atoms with E-state index < -0.39 is 5.82 Å². The summed E-state index contributed by atoms with van der Waals surface area (Å²) in [6, 6.07) is 2.83. The Morgan fingerprint density at radius 1 is 1.39 bits per heavy atom. The number of benzene rings is 1. The second kappa shape index (κ2) is 7.06. The number of aliphatic hydroxyl groups is 1. The number of nitrogen functional groups attached to an aromatic ring is 1. The van der Waals surface area contributed by atoms with E-state index in [2.05, 4.69) is 6.92 Å². The molecule has 0 unspecified atom stereocenters. The van der Waals surface area contributed by atoms with Crippen molar-refractivity contribution >= 4 is 11.4 Å². The molecule has 102 valence electrons. The van der Waals surface area contributed by atoms with Gasteiger partial charge in [0, 0.05) is 25.2 Å². The first-order valence-electron chi connectivity index (χ1n) is 6.12. The highest BCUT2D eigenvalue weighted by atomic mass is 19.1. The summed E-state index contributed by atoms with van der Waals surface area (Å²) in [5.41, 5.74) is 6.34. The molecule has 0 saturated heterocycles. The van der Waals surface area contributed by atoms with E-state index >= 15 is 0 Å². The molecule has 18 heavy (non-hydrogen) atoms. The molecule has 3 N–H and O–H groups in total. The van der Waals surface area contributed by atoms with Crippen LogP contribution in [-0.4, -0.2) is 31.9 Å². The summed E-state index contributed by atoms with van der Waals surface area (Å²) < 4.78 is 19.0. The van der Waals surface area contributed by atoms with Crippen molar-refractivity contribution in [2.24, 2.45) is 0 Å². The lowest BCUT2D eigenvalue weighted by Crippen LogP contribution is -2.28. The van der Waals surface area contributed by atoms with Crippen LogP contribution in [0.3, 0.4) is 0 Å². The zero-order valence-corrected chi connectivity index (χ0v) is 10.9. The van der Waals surface area contributed by atoms with Crippen molar-refractivity contribution in [1.82, 2.24) is 0 Å². The van der Waals surface area contributed by atoms with Crippen molar-refractivity contribution in [2.45, 2.75) is 19.8 Å². The summed E-state index contributed by atoms with van der Waals surface area (Å²) in [5.74, 6) is 0.0590. The Morgan fingerprint density at radius 3 is 2.67 bits per heavy atom. The second-order valence-corrected chi connectivity index (χ2v) is 4.11. The lowest BCUT2D eigenvalue weighted by molar-refractivity contribution is 0.301. The number of hydrogen-bond acceptors (Lipinski definition) is 4. The number of methoxy groups -OCH3 is 1. The number of nitrogens with zero attached hydrogens (tertiary/aromatic N) is 1. The van der Waals surface area contributed by atoms with E-state index in [4.69, 9.17) is 15.6 Å². The highest BCUT2D eigenvalue weighted by Gasteiger charge is 2.14. The first kappa shape index (κ1) is 14.6. The molecule has 1 aromatic rings. The molecule has 0 radical (unpaired) electrons. The smallest absolute Gasteiger partial charge is 0.148 e. The van der Waals surface area contributed by atoms with Gasteiger partial charge in [0.1, 0.15) is 11.6 Å². The van der Waals surface area contributed by atoms with Gasteiger partial charge in [-0.05, 0) is 6.42 Å². The van der Waals surface area contributed by atoms with Gasteiger partial charge in [-0.15, -0.1) is 0 Å². The Balaban J connectivity index is 3.02. The Morgan fingerprint density at radius 2 is 2.11 bits per heavy atom. The van der Waals surface area contributed by atoms with Crippen LogP contribution in [0.5, 0.6) is 5.75 Å². The third-order valence-corrected chi connectivity index (χ3v) is 2.79. The zero-order valence-electron chi connectivity index (χ0n) is 10.9. The summed E-state index contributed by atoms with van der Waals surface area (Å²) in [4.78, 5) is 1.81. The van der Waals surface area contributed by atoms with Gasteiger partial charge >= 0.3 is 0 Å². The number of unbranched alkanes of at least 4 members (excludes halogenated alkanes) is 1. The van der Waals surface area contributed by atoms with Gasteiger partial charge in [0.25, 0.3) is 0 Å².